The maximum absolute atomic E-state index is 15.3. The summed E-state index contributed by atoms with van der Waals surface area (Å²) in [5, 5.41) is 16.5. The smallest absolute Gasteiger partial charge is 0.340 e. The summed E-state index contributed by atoms with van der Waals surface area (Å²) in [5.74, 6) is 0.427. The summed E-state index contributed by atoms with van der Waals surface area (Å²) in [4.78, 5) is 29.7. The van der Waals surface area contributed by atoms with Crippen LogP contribution in [0.5, 0.6) is 23.0 Å². The number of carbonyl (C=O) groups excluding carboxylic acids is 1. The number of aromatic nitrogens is 1. The number of anilines is 1. The van der Waals surface area contributed by atoms with Crippen molar-refractivity contribution < 1.29 is 28.3 Å². The summed E-state index contributed by atoms with van der Waals surface area (Å²) in [5.41, 5.74) is 5.95. The van der Waals surface area contributed by atoms with Gasteiger partial charge in [0.25, 0.3) is 5.69 Å². The van der Waals surface area contributed by atoms with E-state index in [1.807, 2.05) is 0 Å². The summed E-state index contributed by atoms with van der Waals surface area (Å²) >= 11 is 0. The van der Waals surface area contributed by atoms with Gasteiger partial charge in [-0.2, -0.15) is 10.1 Å². The van der Waals surface area contributed by atoms with Crippen LogP contribution in [0.4, 0.5) is 20.6 Å². The number of likely N-dealkylation sites (tertiary alicyclic amines) is 1. The van der Waals surface area contributed by atoms with Crippen LogP contribution in [0.25, 0.3) is 10.9 Å². The van der Waals surface area contributed by atoms with Gasteiger partial charge in [-0.15, -0.1) is 0 Å². The first-order valence-corrected chi connectivity index (χ1v) is 14.0. The van der Waals surface area contributed by atoms with E-state index in [1.54, 1.807) is 30.5 Å². The van der Waals surface area contributed by atoms with Crippen molar-refractivity contribution >= 4 is 34.5 Å². The monoisotopic (exact) mass is 602 g/mol. The van der Waals surface area contributed by atoms with Crippen LogP contribution >= 0.6 is 0 Å². The minimum Gasteiger partial charge on any atom is -0.493 e. The van der Waals surface area contributed by atoms with Crippen molar-refractivity contribution in [1.29, 1.82) is 0 Å². The molecule has 0 atom stereocenters. The zero-order chi connectivity index (χ0) is 31.1. The van der Waals surface area contributed by atoms with Gasteiger partial charge in [0.15, 0.2) is 23.1 Å². The van der Waals surface area contributed by atoms with Gasteiger partial charge < -0.3 is 24.8 Å². The van der Waals surface area contributed by atoms with Crippen molar-refractivity contribution in [3.05, 3.63) is 88.4 Å². The number of halogens is 1. The maximum atomic E-state index is 15.3. The first-order chi connectivity index (χ1) is 21.3. The number of urea groups is 1. The standard InChI is InChI=1S/C31H31FN6O6/c1-42-29-18-23-25(19-30(29)43-16-6-15-36-13-4-5-14-36)34-12-11-27(23)44-28-10-9-22(17-24(28)32)37(31(33)39)35-20-21-7-2-3-8-26(21)38(40)41/h2-3,7-12,17-20H,4-6,13-16H2,1H3,(H2,33,39). The van der Waals surface area contributed by atoms with Crippen molar-refractivity contribution in [1.82, 2.24) is 9.88 Å². The summed E-state index contributed by atoms with van der Waals surface area (Å²) in [7, 11) is 1.54. The minimum absolute atomic E-state index is 0.00929. The second-order valence-electron chi connectivity index (χ2n) is 10.0. The van der Waals surface area contributed by atoms with Gasteiger partial charge in [0.05, 0.1) is 41.6 Å². The Balaban J connectivity index is 1.33. The second kappa shape index (κ2) is 13.8. The molecule has 2 N–H and O–H groups in total. The van der Waals surface area contributed by atoms with Crippen LogP contribution in [-0.2, 0) is 0 Å². The lowest BCUT2D eigenvalue weighted by Crippen LogP contribution is -2.31. The van der Waals surface area contributed by atoms with Crippen LogP contribution in [-0.4, -0.2) is 60.4 Å². The van der Waals surface area contributed by atoms with Crippen LogP contribution in [0.1, 0.15) is 24.8 Å². The lowest BCUT2D eigenvalue weighted by molar-refractivity contribution is -0.385. The average molecular weight is 603 g/mol. The Morgan fingerprint density at radius 1 is 1.11 bits per heavy atom. The number of amides is 2. The summed E-state index contributed by atoms with van der Waals surface area (Å²) in [6.07, 6.45) is 6.02. The third-order valence-corrected chi connectivity index (χ3v) is 7.10. The Hall–Kier alpha value is -5.30. The van der Waals surface area contributed by atoms with Gasteiger partial charge >= 0.3 is 6.03 Å². The Labute approximate surface area is 252 Å². The van der Waals surface area contributed by atoms with Crippen molar-refractivity contribution in [2.45, 2.75) is 19.3 Å². The molecule has 0 bridgehead atoms. The molecule has 4 aromatic rings. The Bertz CT molecular complexity index is 1690. The lowest BCUT2D eigenvalue weighted by atomic mass is 10.1. The average Bonchev–Trinajstić information content (AvgIpc) is 3.54. The number of primary amides is 1. The number of nitrogens with zero attached hydrogens (tertiary/aromatic N) is 5. The predicted octanol–water partition coefficient (Wildman–Crippen LogP) is 5.87. The number of nitro benzene ring substituents is 1. The summed E-state index contributed by atoms with van der Waals surface area (Å²) in [6.45, 7) is 3.78. The number of hydrogen-bond donors (Lipinski definition) is 1. The molecule has 0 unspecified atom stereocenters. The number of methoxy groups -OCH3 is 1. The molecule has 44 heavy (non-hydrogen) atoms. The highest BCUT2D eigenvalue weighted by Crippen LogP contribution is 2.38. The largest absolute Gasteiger partial charge is 0.493 e. The van der Waals surface area contributed by atoms with Crippen molar-refractivity contribution in [3.63, 3.8) is 0 Å². The fourth-order valence-electron chi connectivity index (χ4n) is 4.92. The number of nitrogens with two attached hydrogens (primary N) is 1. The molecule has 3 aromatic carbocycles. The van der Waals surface area contributed by atoms with Crippen molar-refractivity contribution in [2.24, 2.45) is 10.8 Å². The number of pyridine rings is 1. The molecule has 0 radical (unpaired) electrons. The van der Waals surface area contributed by atoms with Gasteiger partial charge in [-0.05, 0) is 62.7 Å². The number of carbonyl (C=O) groups is 1. The molecule has 5 rings (SSSR count). The van der Waals surface area contributed by atoms with Crippen LogP contribution < -0.4 is 25.0 Å². The topological polar surface area (TPSA) is 146 Å². The molecule has 1 aliphatic rings. The van der Waals surface area contributed by atoms with E-state index in [4.69, 9.17) is 19.9 Å². The van der Waals surface area contributed by atoms with Crippen molar-refractivity contribution in [3.8, 4) is 23.0 Å². The molecule has 1 saturated heterocycles. The van der Waals surface area contributed by atoms with Gasteiger partial charge in [-0.3, -0.25) is 15.1 Å². The lowest BCUT2D eigenvalue weighted by Gasteiger charge is -2.17. The fraction of sp³-hybridized carbons (Fsp3) is 0.258. The first kappa shape index (κ1) is 30.2. The highest BCUT2D eigenvalue weighted by molar-refractivity contribution is 5.94. The van der Waals surface area contributed by atoms with E-state index >= 15 is 4.39 Å². The molecule has 1 aliphatic heterocycles. The zero-order valence-electron chi connectivity index (χ0n) is 24.0. The fourth-order valence-corrected chi connectivity index (χ4v) is 4.92. The molecule has 1 fully saturated rings. The molecule has 0 saturated carbocycles. The van der Waals surface area contributed by atoms with E-state index < -0.39 is 16.8 Å². The molecular weight excluding hydrogens is 571 g/mol. The summed E-state index contributed by atoms with van der Waals surface area (Å²) < 4.78 is 32.8. The first-order valence-electron chi connectivity index (χ1n) is 14.0. The number of fused-ring (bicyclic) bond motifs is 1. The Kier molecular flexibility index (Phi) is 9.45. The number of benzene rings is 3. The molecule has 0 spiro atoms. The van der Waals surface area contributed by atoms with E-state index in [-0.39, 0.29) is 22.7 Å². The van der Waals surface area contributed by atoms with Gasteiger partial charge in [0, 0.05) is 36.3 Å². The highest BCUT2D eigenvalue weighted by Gasteiger charge is 2.18. The van der Waals surface area contributed by atoms with Crippen LogP contribution in [0, 0.1) is 15.9 Å². The molecule has 1 aromatic heterocycles. The number of para-hydroxylation sites is 1. The van der Waals surface area contributed by atoms with E-state index in [2.05, 4.69) is 15.0 Å². The van der Waals surface area contributed by atoms with Gasteiger partial charge in [0.2, 0.25) is 0 Å². The van der Waals surface area contributed by atoms with Gasteiger partial charge in [-0.25, -0.2) is 9.18 Å². The zero-order valence-corrected chi connectivity index (χ0v) is 24.0. The molecule has 13 heteroatoms. The predicted molar refractivity (Wildman–Crippen MR) is 163 cm³/mol. The molecule has 2 heterocycles. The number of nitro groups is 1. The molecule has 0 aliphatic carbocycles. The second-order valence-corrected chi connectivity index (χ2v) is 10.0. The van der Waals surface area contributed by atoms with Gasteiger partial charge in [0.1, 0.15) is 5.75 Å². The van der Waals surface area contributed by atoms with Gasteiger partial charge in [-0.1, -0.05) is 12.1 Å². The van der Waals surface area contributed by atoms with Crippen LogP contribution in [0.15, 0.2) is 72.0 Å². The number of rotatable bonds is 12. The third-order valence-electron chi connectivity index (χ3n) is 7.10. The number of ether oxygens (including phenoxy) is 3. The van der Waals surface area contributed by atoms with Crippen LogP contribution in [0.2, 0.25) is 0 Å². The number of hydrazone groups is 1. The number of hydrogen-bond acceptors (Lipinski definition) is 9. The molecule has 2 amide bonds. The van der Waals surface area contributed by atoms with Crippen LogP contribution in [0.3, 0.4) is 0 Å². The highest BCUT2D eigenvalue weighted by atomic mass is 19.1. The Morgan fingerprint density at radius 2 is 1.91 bits per heavy atom. The minimum atomic E-state index is -1.02. The Morgan fingerprint density at radius 3 is 2.64 bits per heavy atom. The normalized spacial score (nSPS) is 13.3. The van der Waals surface area contributed by atoms with Crippen molar-refractivity contribution in [2.75, 3.05) is 38.4 Å². The summed E-state index contributed by atoms with van der Waals surface area (Å²) in [6, 6.07) is 13.6. The molecular formula is C31H31FN6O6. The van der Waals surface area contributed by atoms with E-state index in [9.17, 15) is 14.9 Å². The van der Waals surface area contributed by atoms with E-state index in [0.29, 0.717) is 34.8 Å². The quantitative estimate of drug-likeness (QED) is 0.0918. The maximum Gasteiger partial charge on any atom is 0.340 e. The SMILES string of the molecule is COc1cc2c(Oc3ccc(N(N=Cc4ccccc4[N+](=O)[O-])C(N)=O)cc3F)ccnc2cc1OCCCN1CCCC1. The third kappa shape index (κ3) is 7.01. The molecule has 12 nitrogen and oxygen atoms in total. The molecule has 228 valence electrons. The van der Waals surface area contributed by atoms with E-state index in [0.717, 1.165) is 43.3 Å². The van der Waals surface area contributed by atoms with E-state index in [1.165, 1.54) is 50.3 Å².